The summed E-state index contributed by atoms with van der Waals surface area (Å²) >= 11 is 3.28. The Kier molecular flexibility index (Phi) is 3.21. The van der Waals surface area contributed by atoms with Gasteiger partial charge in [-0.1, -0.05) is 12.1 Å². The fourth-order valence-electron chi connectivity index (χ4n) is 1.29. The van der Waals surface area contributed by atoms with E-state index >= 15 is 0 Å². The van der Waals surface area contributed by atoms with Gasteiger partial charge in [0.1, 0.15) is 6.07 Å². The summed E-state index contributed by atoms with van der Waals surface area (Å²) in [5.41, 5.74) is 0.713. The number of rotatable bonds is 2. The van der Waals surface area contributed by atoms with Crippen molar-refractivity contribution in [3.8, 4) is 6.07 Å². The third-order valence-electron chi connectivity index (χ3n) is 2.10. The maximum Gasteiger partial charge on any atom is 0.258 e. The number of nitrogens with zero attached hydrogens (tertiary/aromatic N) is 2. The number of nitriles is 1. The van der Waals surface area contributed by atoms with E-state index in [0.717, 1.165) is 0 Å². The molecule has 2 aromatic rings. The Morgan fingerprint density at radius 2 is 2.24 bits per heavy atom. The molecule has 0 aliphatic rings. The molecule has 0 spiro atoms. The molecule has 0 fully saturated rings. The van der Waals surface area contributed by atoms with Gasteiger partial charge in [0.25, 0.3) is 5.91 Å². The number of nitrogens with one attached hydrogen (secondary N) is 2. The van der Waals surface area contributed by atoms with Crippen LogP contribution < -0.4 is 5.32 Å². The molecule has 0 saturated heterocycles. The Morgan fingerprint density at radius 3 is 2.94 bits per heavy atom. The number of anilines is 1. The molecule has 0 aliphatic carbocycles. The number of hydrogen-bond donors (Lipinski definition) is 2. The van der Waals surface area contributed by atoms with Crippen LogP contribution >= 0.6 is 15.9 Å². The normalized spacial score (nSPS) is 9.65. The molecule has 1 aromatic carbocycles. The molecule has 0 atom stereocenters. The molecule has 1 heterocycles. The molecule has 84 valence electrons. The molecule has 2 N–H and O–H groups in total. The van der Waals surface area contributed by atoms with Crippen LogP contribution in [0, 0.1) is 11.3 Å². The second-order valence-electron chi connectivity index (χ2n) is 3.17. The lowest BCUT2D eigenvalue weighted by molar-refractivity contribution is 0.102. The Bertz CT molecular complexity index is 600. The lowest BCUT2D eigenvalue weighted by Gasteiger charge is -2.04. The topological polar surface area (TPSA) is 81.6 Å². The quantitative estimate of drug-likeness (QED) is 0.890. The monoisotopic (exact) mass is 290 g/mol. The van der Waals surface area contributed by atoms with Gasteiger partial charge in [0.15, 0.2) is 11.5 Å². The van der Waals surface area contributed by atoms with Gasteiger partial charge in [0, 0.05) is 4.47 Å². The molecule has 0 unspecified atom stereocenters. The maximum absolute atomic E-state index is 11.9. The lowest BCUT2D eigenvalue weighted by Crippen LogP contribution is -2.13. The average Bonchev–Trinajstić information content (AvgIpc) is 2.76. The summed E-state index contributed by atoms with van der Waals surface area (Å²) in [4.78, 5) is 18.4. The standard InChI is InChI=1S/C11H7BrN4O/c12-8-4-2-1-3-7(8)11(17)16-10-9(5-13)14-6-15-10/h1-4,6H,(H,14,15)(H,16,17). The molecule has 2 rings (SSSR count). The van der Waals surface area contributed by atoms with Gasteiger partial charge in [0.05, 0.1) is 11.9 Å². The van der Waals surface area contributed by atoms with Gasteiger partial charge >= 0.3 is 0 Å². The average molecular weight is 291 g/mol. The summed E-state index contributed by atoms with van der Waals surface area (Å²) in [6, 6.07) is 8.92. The molecular weight excluding hydrogens is 284 g/mol. The second kappa shape index (κ2) is 4.80. The molecule has 1 amide bonds. The molecule has 6 heteroatoms. The summed E-state index contributed by atoms with van der Waals surface area (Å²) in [7, 11) is 0. The van der Waals surface area contributed by atoms with Gasteiger partial charge < -0.3 is 10.3 Å². The minimum atomic E-state index is -0.318. The Hall–Kier alpha value is -2.13. The molecule has 0 aliphatic heterocycles. The van der Waals surface area contributed by atoms with Crippen molar-refractivity contribution in [2.45, 2.75) is 0 Å². The number of amides is 1. The van der Waals surface area contributed by atoms with Crippen LogP contribution in [0.1, 0.15) is 16.1 Å². The highest BCUT2D eigenvalue weighted by atomic mass is 79.9. The summed E-state index contributed by atoms with van der Waals surface area (Å²) in [5, 5.41) is 11.3. The smallest absolute Gasteiger partial charge is 0.258 e. The van der Waals surface area contributed by atoms with Gasteiger partial charge in [-0.15, -0.1) is 0 Å². The highest BCUT2D eigenvalue weighted by Crippen LogP contribution is 2.17. The molecular formula is C11H7BrN4O. The maximum atomic E-state index is 11.9. The number of benzene rings is 1. The highest BCUT2D eigenvalue weighted by Gasteiger charge is 2.12. The third-order valence-corrected chi connectivity index (χ3v) is 2.79. The molecule has 0 saturated carbocycles. The van der Waals surface area contributed by atoms with Crippen LogP contribution in [0.4, 0.5) is 5.82 Å². The first-order chi connectivity index (χ1) is 8.22. The first kappa shape index (κ1) is 11.4. The van der Waals surface area contributed by atoms with E-state index in [1.54, 1.807) is 18.2 Å². The van der Waals surface area contributed by atoms with Crippen LogP contribution in [0.3, 0.4) is 0 Å². The second-order valence-corrected chi connectivity index (χ2v) is 4.03. The minimum Gasteiger partial charge on any atom is -0.335 e. The Labute approximate surface area is 106 Å². The van der Waals surface area contributed by atoms with E-state index in [1.165, 1.54) is 6.33 Å². The molecule has 17 heavy (non-hydrogen) atoms. The Morgan fingerprint density at radius 1 is 1.47 bits per heavy atom. The SMILES string of the molecule is N#Cc1[nH]cnc1NC(=O)c1ccccc1Br. The van der Waals surface area contributed by atoms with E-state index in [-0.39, 0.29) is 17.4 Å². The Balaban J connectivity index is 2.24. The number of carbonyl (C=O) groups excluding carboxylic acids is 1. The van der Waals surface area contributed by atoms with Gasteiger partial charge in [-0.3, -0.25) is 4.79 Å². The lowest BCUT2D eigenvalue weighted by atomic mass is 10.2. The molecule has 1 aromatic heterocycles. The van der Waals surface area contributed by atoms with Crippen molar-refractivity contribution in [1.29, 1.82) is 5.26 Å². The van der Waals surface area contributed by atoms with E-state index in [9.17, 15) is 4.79 Å². The van der Waals surface area contributed by atoms with Crippen LogP contribution in [0.15, 0.2) is 35.1 Å². The van der Waals surface area contributed by atoms with Crippen molar-refractivity contribution in [3.05, 3.63) is 46.3 Å². The number of H-pyrrole nitrogens is 1. The van der Waals surface area contributed by atoms with E-state index in [4.69, 9.17) is 5.26 Å². The summed E-state index contributed by atoms with van der Waals surface area (Å²) < 4.78 is 0.687. The van der Waals surface area contributed by atoms with E-state index in [0.29, 0.717) is 10.0 Å². The summed E-state index contributed by atoms with van der Waals surface area (Å²) in [6.45, 7) is 0. The predicted octanol–water partition coefficient (Wildman–Crippen LogP) is 2.30. The number of aromatic amines is 1. The van der Waals surface area contributed by atoms with Crippen LogP contribution in [0.25, 0.3) is 0 Å². The summed E-state index contributed by atoms with van der Waals surface area (Å²) in [6.07, 6.45) is 1.36. The molecule has 0 radical (unpaired) electrons. The minimum absolute atomic E-state index is 0.227. The summed E-state index contributed by atoms with van der Waals surface area (Å²) in [5.74, 6) is -0.0886. The fraction of sp³-hybridized carbons (Fsp3) is 0. The van der Waals surface area contributed by atoms with E-state index in [2.05, 4.69) is 31.2 Å². The van der Waals surface area contributed by atoms with Gasteiger partial charge in [-0.25, -0.2) is 4.98 Å². The van der Waals surface area contributed by atoms with Crippen LogP contribution in [-0.2, 0) is 0 Å². The zero-order valence-corrected chi connectivity index (χ0v) is 10.2. The van der Waals surface area contributed by atoms with Crippen molar-refractivity contribution in [2.75, 3.05) is 5.32 Å². The number of hydrogen-bond acceptors (Lipinski definition) is 3. The predicted molar refractivity (Wildman–Crippen MR) is 65.4 cm³/mol. The van der Waals surface area contributed by atoms with Crippen molar-refractivity contribution in [1.82, 2.24) is 9.97 Å². The van der Waals surface area contributed by atoms with Crippen molar-refractivity contribution in [3.63, 3.8) is 0 Å². The van der Waals surface area contributed by atoms with Crippen LogP contribution in [0.5, 0.6) is 0 Å². The van der Waals surface area contributed by atoms with Gasteiger partial charge in [-0.2, -0.15) is 5.26 Å². The first-order valence-electron chi connectivity index (χ1n) is 4.71. The number of imidazole rings is 1. The van der Waals surface area contributed by atoms with E-state index in [1.807, 2.05) is 12.1 Å². The largest absolute Gasteiger partial charge is 0.335 e. The number of carbonyl (C=O) groups is 1. The number of aromatic nitrogens is 2. The third kappa shape index (κ3) is 2.34. The fourth-order valence-corrected chi connectivity index (χ4v) is 1.76. The van der Waals surface area contributed by atoms with Crippen molar-refractivity contribution in [2.24, 2.45) is 0 Å². The molecule has 0 bridgehead atoms. The first-order valence-corrected chi connectivity index (χ1v) is 5.51. The van der Waals surface area contributed by atoms with Crippen molar-refractivity contribution >= 4 is 27.7 Å². The van der Waals surface area contributed by atoms with Gasteiger partial charge in [0.2, 0.25) is 0 Å². The molecule has 5 nitrogen and oxygen atoms in total. The van der Waals surface area contributed by atoms with E-state index < -0.39 is 0 Å². The van der Waals surface area contributed by atoms with Gasteiger partial charge in [-0.05, 0) is 28.1 Å². The zero-order valence-electron chi connectivity index (χ0n) is 8.57. The number of halogens is 1. The highest BCUT2D eigenvalue weighted by molar-refractivity contribution is 9.10. The van der Waals surface area contributed by atoms with Crippen LogP contribution in [-0.4, -0.2) is 15.9 Å². The van der Waals surface area contributed by atoms with Crippen molar-refractivity contribution < 1.29 is 4.79 Å². The van der Waals surface area contributed by atoms with Crippen LogP contribution in [0.2, 0.25) is 0 Å². The zero-order chi connectivity index (χ0) is 12.3.